The SMILES string of the molecule is CCCCNC(=O)C(C)N(Cc1cccc(Cl)c1)C(=O)CCCN(c1cc(C)ccc1C)S(C)(=O)=O. The molecule has 198 valence electrons. The summed E-state index contributed by atoms with van der Waals surface area (Å²) in [5, 5.41) is 3.45. The molecular formula is C27H38ClN3O4S. The van der Waals surface area contributed by atoms with E-state index in [1.807, 2.05) is 45.0 Å². The third kappa shape index (κ3) is 8.82. The third-order valence-electron chi connectivity index (χ3n) is 6.02. The molecule has 7 nitrogen and oxygen atoms in total. The zero-order valence-corrected chi connectivity index (χ0v) is 23.5. The second-order valence-electron chi connectivity index (χ2n) is 9.20. The smallest absolute Gasteiger partial charge is 0.242 e. The van der Waals surface area contributed by atoms with Crippen molar-refractivity contribution in [2.24, 2.45) is 0 Å². The molecule has 0 bridgehead atoms. The molecule has 2 aromatic rings. The zero-order chi connectivity index (χ0) is 26.9. The first-order valence-electron chi connectivity index (χ1n) is 12.3. The lowest BCUT2D eigenvalue weighted by Gasteiger charge is -2.29. The maximum atomic E-state index is 13.3. The quantitative estimate of drug-likeness (QED) is 0.372. The predicted octanol–water partition coefficient (Wildman–Crippen LogP) is 4.84. The van der Waals surface area contributed by atoms with E-state index in [4.69, 9.17) is 11.6 Å². The number of rotatable bonds is 13. The molecule has 36 heavy (non-hydrogen) atoms. The van der Waals surface area contributed by atoms with Crippen LogP contribution in [0, 0.1) is 13.8 Å². The monoisotopic (exact) mass is 535 g/mol. The number of aryl methyl sites for hydroxylation is 2. The van der Waals surface area contributed by atoms with Crippen LogP contribution in [-0.4, -0.2) is 50.5 Å². The first-order valence-corrected chi connectivity index (χ1v) is 14.5. The molecule has 0 aromatic heterocycles. The van der Waals surface area contributed by atoms with Crippen molar-refractivity contribution in [2.45, 2.75) is 66.0 Å². The van der Waals surface area contributed by atoms with E-state index in [9.17, 15) is 18.0 Å². The van der Waals surface area contributed by atoms with Crippen LogP contribution in [0.15, 0.2) is 42.5 Å². The Morgan fingerprint density at radius 3 is 2.44 bits per heavy atom. The van der Waals surface area contributed by atoms with Crippen LogP contribution in [0.1, 0.15) is 56.2 Å². The summed E-state index contributed by atoms with van der Waals surface area (Å²) >= 11 is 6.13. The molecule has 0 aliphatic heterocycles. The van der Waals surface area contributed by atoms with Crippen molar-refractivity contribution < 1.29 is 18.0 Å². The van der Waals surface area contributed by atoms with E-state index in [-0.39, 0.29) is 31.3 Å². The van der Waals surface area contributed by atoms with Gasteiger partial charge in [0, 0.05) is 31.1 Å². The molecule has 0 radical (unpaired) electrons. The Morgan fingerprint density at radius 1 is 1.08 bits per heavy atom. The second-order valence-corrected chi connectivity index (χ2v) is 11.5. The molecule has 1 N–H and O–H groups in total. The van der Waals surface area contributed by atoms with Crippen molar-refractivity contribution in [1.82, 2.24) is 10.2 Å². The van der Waals surface area contributed by atoms with E-state index in [0.717, 1.165) is 29.5 Å². The number of nitrogens with zero attached hydrogens (tertiary/aromatic N) is 2. The van der Waals surface area contributed by atoms with Crippen LogP contribution < -0.4 is 9.62 Å². The van der Waals surface area contributed by atoms with Gasteiger partial charge in [-0.05, 0) is 68.5 Å². The molecule has 0 spiro atoms. The van der Waals surface area contributed by atoms with Crippen molar-refractivity contribution in [2.75, 3.05) is 23.7 Å². The van der Waals surface area contributed by atoms with Crippen LogP contribution in [0.2, 0.25) is 5.02 Å². The van der Waals surface area contributed by atoms with Crippen molar-refractivity contribution in [3.8, 4) is 0 Å². The second kappa shape index (κ2) is 13.7. The maximum Gasteiger partial charge on any atom is 0.242 e. The highest BCUT2D eigenvalue weighted by molar-refractivity contribution is 7.92. The van der Waals surface area contributed by atoms with Crippen molar-refractivity contribution in [3.05, 3.63) is 64.2 Å². The molecule has 2 aromatic carbocycles. The minimum Gasteiger partial charge on any atom is -0.354 e. The zero-order valence-electron chi connectivity index (χ0n) is 21.9. The van der Waals surface area contributed by atoms with Crippen molar-refractivity contribution in [3.63, 3.8) is 0 Å². The van der Waals surface area contributed by atoms with Gasteiger partial charge in [-0.2, -0.15) is 0 Å². The van der Waals surface area contributed by atoms with E-state index in [1.54, 1.807) is 25.1 Å². The Morgan fingerprint density at radius 2 is 1.81 bits per heavy atom. The summed E-state index contributed by atoms with van der Waals surface area (Å²) in [5.41, 5.74) is 3.23. The standard InChI is InChI=1S/C27H38ClN3O4S/c1-6-7-15-29-27(33)22(4)30(19-23-10-8-11-24(28)18-23)26(32)12-9-16-31(36(5,34)35)25-17-20(2)13-14-21(25)3/h8,10-11,13-14,17-18,22H,6-7,9,12,15-16,19H2,1-5H3,(H,29,33). The van der Waals surface area contributed by atoms with Crippen LogP contribution in [-0.2, 0) is 26.2 Å². The van der Waals surface area contributed by atoms with Gasteiger partial charge in [-0.15, -0.1) is 0 Å². The van der Waals surface area contributed by atoms with Gasteiger partial charge in [0.25, 0.3) is 0 Å². The average molecular weight is 536 g/mol. The highest BCUT2D eigenvalue weighted by Crippen LogP contribution is 2.25. The largest absolute Gasteiger partial charge is 0.354 e. The van der Waals surface area contributed by atoms with Crippen LogP contribution in [0.25, 0.3) is 0 Å². The summed E-state index contributed by atoms with van der Waals surface area (Å²) in [4.78, 5) is 27.6. The summed E-state index contributed by atoms with van der Waals surface area (Å²) in [6.07, 6.45) is 3.40. The summed E-state index contributed by atoms with van der Waals surface area (Å²) < 4.78 is 26.5. The molecule has 0 aliphatic rings. The number of hydrogen-bond donors (Lipinski definition) is 1. The number of sulfonamides is 1. The molecule has 0 aliphatic carbocycles. The first kappa shape index (κ1) is 29.6. The molecule has 1 atom stereocenters. The molecule has 1 unspecified atom stereocenters. The Bertz CT molecular complexity index is 1150. The Labute approximate surface area is 220 Å². The summed E-state index contributed by atoms with van der Waals surface area (Å²) in [5.74, 6) is -0.436. The lowest BCUT2D eigenvalue weighted by atomic mass is 10.1. The fraction of sp³-hybridized carbons (Fsp3) is 0.481. The lowest BCUT2D eigenvalue weighted by molar-refractivity contribution is -0.140. The van der Waals surface area contributed by atoms with E-state index < -0.39 is 16.1 Å². The molecule has 0 saturated carbocycles. The average Bonchev–Trinajstić information content (AvgIpc) is 2.81. The Kier molecular flexibility index (Phi) is 11.2. The summed E-state index contributed by atoms with van der Waals surface area (Å²) in [6, 6.07) is 12.2. The normalized spacial score (nSPS) is 12.2. The van der Waals surface area contributed by atoms with Crippen LogP contribution in [0.4, 0.5) is 5.69 Å². The molecule has 0 fully saturated rings. The number of hydrogen-bond acceptors (Lipinski definition) is 4. The summed E-state index contributed by atoms with van der Waals surface area (Å²) in [6.45, 7) is 8.48. The van der Waals surface area contributed by atoms with E-state index in [2.05, 4.69) is 5.32 Å². The van der Waals surface area contributed by atoms with Gasteiger partial charge in [0.1, 0.15) is 6.04 Å². The molecule has 2 amide bonds. The van der Waals surface area contributed by atoms with Gasteiger partial charge in [-0.25, -0.2) is 8.42 Å². The molecule has 0 saturated heterocycles. The fourth-order valence-electron chi connectivity index (χ4n) is 3.92. The Balaban J connectivity index is 2.18. The van der Waals surface area contributed by atoms with Gasteiger partial charge < -0.3 is 10.2 Å². The number of carbonyl (C=O) groups is 2. The number of halogens is 1. The molecule has 9 heteroatoms. The van der Waals surface area contributed by atoms with Crippen molar-refractivity contribution in [1.29, 1.82) is 0 Å². The number of benzene rings is 2. The predicted molar refractivity (Wildman–Crippen MR) is 147 cm³/mol. The highest BCUT2D eigenvalue weighted by Gasteiger charge is 2.27. The van der Waals surface area contributed by atoms with E-state index in [1.165, 1.54) is 15.5 Å². The number of unbranched alkanes of at least 4 members (excludes halogenated alkanes) is 1. The van der Waals surface area contributed by atoms with Gasteiger partial charge in [-0.3, -0.25) is 13.9 Å². The van der Waals surface area contributed by atoms with Gasteiger partial charge in [-0.1, -0.05) is 49.2 Å². The molecule has 2 rings (SSSR count). The van der Waals surface area contributed by atoms with Gasteiger partial charge >= 0.3 is 0 Å². The van der Waals surface area contributed by atoms with Crippen molar-refractivity contribution >= 4 is 39.1 Å². The Hall–Kier alpha value is -2.58. The van der Waals surface area contributed by atoms with E-state index >= 15 is 0 Å². The number of nitrogens with one attached hydrogen (secondary N) is 1. The highest BCUT2D eigenvalue weighted by atomic mass is 35.5. The van der Waals surface area contributed by atoms with Gasteiger partial charge in [0.2, 0.25) is 21.8 Å². The van der Waals surface area contributed by atoms with E-state index in [0.29, 0.717) is 23.7 Å². The third-order valence-corrected chi connectivity index (χ3v) is 7.44. The van der Waals surface area contributed by atoms with Crippen LogP contribution in [0.5, 0.6) is 0 Å². The minimum absolute atomic E-state index is 0.101. The fourth-order valence-corrected chi connectivity index (χ4v) is 5.15. The summed E-state index contributed by atoms with van der Waals surface area (Å²) in [7, 11) is -3.54. The lowest BCUT2D eigenvalue weighted by Crippen LogP contribution is -2.48. The number of carbonyl (C=O) groups excluding carboxylic acids is 2. The number of anilines is 1. The van der Waals surface area contributed by atoms with Crippen LogP contribution in [0.3, 0.4) is 0 Å². The first-order chi connectivity index (χ1) is 16.9. The van der Waals surface area contributed by atoms with Gasteiger partial charge in [0.05, 0.1) is 11.9 Å². The maximum absolute atomic E-state index is 13.3. The van der Waals surface area contributed by atoms with Gasteiger partial charge in [0.15, 0.2) is 0 Å². The molecular weight excluding hydrogens is 498 g/mol. The minimum atomic E-state index is -3.54. The van der Waals surface area contributed by atoms with Crippen LogP contribution >= 0.6 is 11.6 Å². The molecule has 0 heterocycles. The topological polar surface area (TPSA) is 86.8 Å². The number of amides is 2.